The number of hydrogen-bond donors (Lipinski definition) is 0. The standard InChI is InChI=1S/C18H24I2O3Si/c1-21-24(22-2,23-3)15-7-14-19-16-10-12-18(13-11-16)20-17-8-5-4-6-9-17/h4-6,8-13H,7,14-15H2,1-3H3/q+2. The van der Waals surface area contributed by atoms with Crippen LogP contribution in [0.4, 0.5) is 0 Å². The molecular formula is C18H24I2O3Si+2. The van der Waals surface area contributed by atoms with E-state index in [2.05, 4.69) is 54.6 Å². The van der Waals surface area contributed by atoms with Gasteiger partial charge >= 0.3 is 51.2 Å². The summed E-state index contributed by atoms with van der Waals surface area (Å²) in [6.07, 6.45) is 1.10. The molecule has 0 N–H and O–H groups in total. The summed E-state index contributed by atoms with van der Waals surface area (Å²) in [4.78, 5) is 0. The average Bonchev–Trinajstić information content (AvgIpc) is 2.65. The Labute approximate surface area is 167 Å². The molecule has 2 aromatic rings. The molecule has 2 aromatic carbocycles. The first kappa shape index (κ1) is 20.3. The number of alkyl halides is 1. The molecule has 0 aliphatic carbocycles. The molecule has 0 heterocycles. The Morgan fingerprint density at radius 1 is 0.750 bits per heavy atom. The van der Waals surface area contributed by atoms with E-state index in [0.717, 1.165) is 12.5 Å². The van der Waals surface area contributed by atoms with Crippen LogP contribution in [0.1, 0.15) is 6.42 Å². The summed E-state index contributed by atoms with van der Waals surface area (Å²) in [6.45, 7) is 0. The molecule has 0 aliphatic rings. The fourth-order valence-electron chi connectivity index (χ4n) is 2.20. The van der Waals surface area contributed by atoms with Crippen molar-refractivity contribution in [1.82, 2.24) is 0 Å². The summed E-state index contributed by atoms with van der Waals surface area (Å²) in [6, 6.07) is 20.9. The second kappa shape index (κ2) is 10.9. The molecule has 0 saturated heterocycles. The smallest absolute Gasteiger partial charge is 0.377 e. The highest BCUT2D eigenvalue weighted by atomic mass is 127. The van der Waals surface area contributed by atoms with Crippen molar-refractivity contribution in [3.63, 3.8) is 0 Å². The van der Waals surface area contributed by atoms with Crippen LogP contribution in [0.25, 0.3) is 0 Å². The second-order valence-corrected chi connectivity index (χ2v) is 14.3. The van der Waals surface area contributed by atoms with Gasteiger partial charge in [-0.15, -0.1) is 0 Å². The minimum absolute atomic E-state index is 0.0507. The average molecular weight is 570 g/mol. The maximum atomic E-state index is 5.47. The van der Waals surface area contributed by atoms with Gasteiger partial charge in [0.1, 0.15) is 4.43 Å². The van der Waals surface area contributed by atoms with Crippen LogP contribution in [-0.2, 0) is 13.3 Å². The van der Waals surface area contributed by atoms with E-state index in [4.69, 9.17) is 13.3 Å². The quantitative estimate of drug-likeness (QED) is 0.135. The van der Waals surface area contributed by atoms with Crippen molar-refractivity contribution in [2.75, 3.05) is 25.8 Å². The zero-order valence-corrected chi connectivity index (χ0v) is 19.6. The summed E-state index contributed by atoms with van der Waals surface area (Å²) >= 11 is -0.00503. The predicted octanol–water partition coefficient (Wildman–Crippen LogP) is -2.66. The molecule has 0 spiro atoms. The van der Waals surface area contributed by atoms with Crippen LogP contribution in [0.15, 0.2) is 54.6 Å². The lowest BCUT2D eigenvalue weighted by atomic mass is 10.4. The third kappa shape index (κ3) is 6.38. The van der Waals surface area contributed by atoms with Crippen LogP contribution in [-0.4, -0.2) is 34.6 Å². The van der Waals surface area contributed by atoms with Gasteiger partial charge in [-0.2, -0.15) is 0 Å². The zero-order chi connectivity index (χ0) is 17.3. The monoisotopic (exact) mass is 570 g/mol. The third-order valence-corrected chi connectivity index (χ3v) is 12.0. The molecule has 0 aromatic heterocycles. The first-order valence-corrected chi connectivity index (χ1v) is 14.5. The van der Waals surface area contributed by atoms with E-state index in [-0.39, 0.29) is 42.4 Å². The fourth-order valence-corrected chi connectivity index (χ4v) is 9.11. The molecule has 6 heteroatoms. The van der Waals surface area contributed by atoms with Crippen LogP contribution in [0.2, 0.25) is 6.04 Å². The van der Waals surface area contributed by atoms with Crippen molar-refractivity contribution in [3.05, 3.63) is 65.3 Å². The van der Waals surface area contributed by atoms with Crippen LogP contribution < -0.4 is 42.4 Å². The highest BCUT2D eigenvalue weighted by Crippen LogP contribution is 2.13. The van der Waals surface area contributed by atoms with E-state index in [0.29, 0.717) is 0 Å². The predicted molar refractivity (Wildman–Crippen MR) is 90.0 cm³/mol. The second-order valence-electron chi connectivity index (χ2n) is 5.05. The molecule has 0 bridgehead atoms. The Hall–Kier alpha value is -0.00312. The minimum atomic E-state index is -2.39. The van der Waals surface area contributed by atoms with Crippen LogP contribution >= 0.6 is 0 Å². The summed E-state index contributed by atoms with van der Waals surface area (Å²) < 4.78 is 22.1. The van der Waals surface area contributed by atoms with Gasteiger partial charge in [0.25, 0.3) is 0 Å². The van der Waals surface area contributed by atoms with E-state index >= 15 is 0 Å². The molecule has 0 fully saturated rings. The van der Waals surface area contributed by atoms with Crippen molar-refractivity contribution in [3.8, 4) is 0 Å². The zero-order valence-electron chi connectivity index (χ0n) is 14.3. The molecular weight excluding hydrogens is 546 g/mol. The first-order valence-electron chi connectivity index (χ1n) is 7.76. The number of benzene rings is 2. The fraction of sp³-hybridized carbons (Fsp3) is 0.333. The molecule has 2 rings (SSSR count). The Bertz CT molecular complexity index is 581. The van der Waals surface area contributed by atoms with Gasteiger partial charge in [0.2, 0.25) is 0 Å². The highest BCUT2D eigenvalue weighted by Gasteiger charge is 2.37. The SMILES string of the molecule is CO[Si](CCC[I+]c1ccc([I+]c2ccccc2)cc1)(OC)OC. The molecule has 130 valence electrons. The molecule has 0 radical (unpaired) electrons. The molecule has 0 atom stereocenters. The first-order chi connectivity index (χ1) is 11.7. The van der Waals surface area contributed by atoms with E-state index in [1.807, 2.05) is 0 Å². The van der Waals surface area contributed by atoms with Crippen molar-refractivity contribution in [2.45, 2.75) is 12.5 Å². The summed E-state index contributed by atoms with van der Waals surface area (Å²) in [5.41, 5.74) is 0. The molecule has 3 nitrogen and oxygen atoms in total. The van der Waals surface area contributed by atoms with Crippen LogP contribution in [0.5, 0.6) is 0 Å². The van der Waals surface area contributed by atoms with Gasteiger partial charge in [0.15, 0.2) is 10.7 Å². The lowest BCUT2D eigenvalue weighted by Crippen LogP contribution is -3.63. The number of halogens is 2. The molecule has 0 saturated carbocycles. The van der Waals surface area contributed by atoms with Crippen molar-refractivity contribution < 1.29 is 55.7 Å². The summed E-state index contributed by atoms with van der Waals surface area (Å²) in [7, 11) is 2.66. The molecule has 24 heavy (non-hydrogen) atoms. The number of hydrogen-bond acceptors (Lipinski definition) is 3. The Balaban J connectivity index is 1.78. The van der Waals surface area contributed by atoms with Gasteiger partial charge in [0.05, 0.1) is 0 Å². The van der Waals surface area contributed by atoms with E-state index in [1.165, 1.54) is 15.1 Å². The van der Waals surface area contributed by atoms with Crippen molar-refractivity contribution in [1.29, 1.82) is 0 Å². The topological polar surface area (TPSA) is 27.7 Å². The maximum absolute atomic E-state index is 5.47. The Kier molecular flexibility index (Phi) is 9.20. The lowest BCUT2D eigenvalue weighted by molar-refractivity contribution is -0.627. The normalized spacial score (nSPS) is 11.6. The molecule has 0 amide bonds. The highest BCUT2D eigenvalue weighted by molar-refractivity contribution is 6.60. The maximum Gasteiger partial charge on any atom is 0.500 e. The van der Waals surface area contributed by atoms with Gasteiger partial charge in [-0.1, -0.05) is 18.2 Å². The Morgan fingerprint density at radius 2 is 1.29 bits per heavy atom. The largest absolute Gasteiger partial charge is 0.500 e. The third-order valence-electron chi connectivity index (χ3n) is 3.55. The van der Waals surface area contributed by atoms with Gasteiger partial charge in [0, 0.05) is 27.4 Å². The van der Waals surface area contributed by atoms with E-state index in [1.54, 1.807) is 21.3 Å². The van der Waals surface area contributed by atoms with Crippen LogP contribution in [0, 0.1) is 10.7 Å². The van der Waals surface area contributed by atoms with E-state index in [9.17, 15) is 0 Å². The van der Waals surface area contributed by atoms with Gasteiger partial charge < -0.3 is 13.3 Å². The van der Waals surface area contributed by atoms with Gasteiger partial charge in [-0.3, -0.25) is 0 Å². The van der Waals surface area contributed by atoms with Crippen LogP contribution in [0.3, 0.4) is 0 Å². The summed E-state index contributed by atoms with van der Waals surface area (Å²) in [5.74, 6) is 0. The summed E-state index contributed by atoms with van der Waals surface area (Å²) in [5, 5.41) is 0. The van der Waals surface area contributed by atoms with E-state index < -0.39 is 8.80 Å². The Morgan fingerprint density at radius 3 is 1.88 bits per heavy atom. The number of rotatable bonds is 10. The lowest BCUT2D eigenvalue weighted by Gasteiger charge is -2.23. The van der Waals surface area contributed by atoms with Crippen molar-refractivity contribution in [2.24, 2.45) is 0 Å². The van der Waals surface area contributed by atoms with Gasteiger partial charge in [-0.25, -0.2) is 0 Å². The molecule has 0 unspecified atom stereocenters. The minimum Gasteiger partial charge on any atom is -0.377 e. The van der Waals surface area contributed by atoms with Crippen molar-refractivity contribution >= 4 is 8.80 Å². The molecule has 0 aliphatic heterocycles. The van der Waals surface area contributed by atoms with Gasteiger partial charge in [-0.05, 0) is 42.8 Å².